The molecule has 0 saturated carbocycles. The van der Waals surface area contributed by atoms with Crippen molar-refractivity contribution in [2.75, 3.05) is 6.79 Å². The smallest absolute Gasteiger partial charge is 0.293 e. The molecule has 0 amide bonds. The summed E-state index contributed by atoms with van der Waals surface area (Å²) in [6, 6.07) is 5.84. The van der Waals surface area contributed by atoms with Crippen molar-refractivity contribution in [2.45, 2.75) is 52.6 Å². The number of aliphatic hydroxyl groups excluding tert-OH is 1. The maximum atomic E-state index is 13.4. The van der Waals surface area contributed by atoms with Gasteiger partial charge in [-0.15, -0.1) is 0 Å². The van der Waals surface area contributed by atoms with Crippen LogP contribution in [0.3, 0.4) is 0 Å². The Morgan fingerprint density at radius 2 is 1.97 bits per heavy atom. The molecule has 172 valence electrons. The molecule has 1 atom stereocenters. The maximum absolute atomic E-state index is 13.4. The number of rotatable bonds is 7. The van der Waals surface area contributed by atoms with Gasteiger partial charge < -0.3 is 29.2 Å². The van der Waals surface area contributed by atoms with Gasteiger partial charge in [0.25, 0.3) is 12.0 Å². The summed E-state index contributed by atoms with van der Waals surface area (Å²) < 4.78 is 17.6. The second-order valence-electron chi connectivity index (χ2n) is 8.61. The Morgan fingerprint density at radius 1 is 1.21 bits per heavy atom. The first-order valence-electron chi connectivity index (χ1n) is 10.9. The summed E-state index contributed by atoms with van der Waals surface area (Å²) in [6.45, 7) is 6.93. The van der Waals surface area contributed by atoms with E-state index >= 15 is 0 Å². The predicted molar refractivity (Wildman–Crippen MR) is 120 cm³/mol. The van der Waals surface area contributed by atoms with Gasteiger partial charge in [-0.05, 0) is 30.2 Å². The Balaban J connectivity index is 1.75. The Morgan fingerprint density at radius 3 is 2.67 bits per heavy atom. The molecule has 9 nitrogen and oxygen atoms in total. The average molecular weight is 451 g/mol. The summed E-state index contributed by atoms with van der Waals surface area (Å²) in [5, 5.41) is 14.7. The number of hydrogen-bond donors (Lipinski definition) is 2. The predicted octanol–water partition coefficient (Wildman–Crippen LogP) is 2.38. The first-order chi connectivity index (χ1) is 15.9. The molecular formula is C24H25N3O6. The lowest BCUT2D eigenvalue weighted by Crippen LogP contribution is -2.26. The highest BCUT2D eigenvalue weighted by Crippen LogP contribution is 2.41. The third kappa shape index (κ3) is 3.53. The van der Waals surface area contributed by atoms with Crippen LogP contribution in [-0.2, 0) is 29.2 Å². The fourth-order valence-electron chi connectivity index (χ4n) is 4.50. The number of nitrogens with one attached hydrogen (secondary N) is 1. The van der Waals surface area contributed by atoms with Crippen LogP contribution < -0.4 is 20.3 Å². The molecule has 1 aromatic carbocycles. The van der Waals surface area contributed by atoms with E-state index in [9.17, 15) is 14.7 Å². The highest BCUT2D eigenvalue weighted by molar-refractivity contribution is 5.90. The first-order valence-corrected chi connectivity index (χ1v) is 10.9. The van der Waals surface area contributed by atoms with Crippen molar-refractivity contribution in [3.8, 4) is 22.9 Å². The SMILES string of the molecule is CC(C)NCc1c2c(nc3cc4c(cc13)OCO4)-c1cc(C(C)O)c(COC=O)c(=O)n1C2. The second kappa shape index (κ2) is 8.17. The summed E-state index contributed by atoms with van der Waals surface area (Å²) in [7, 11) is 0. The largest absolute Gasteiger partial charge is 0.463 e. The summed E-state index contributed by atoms with van der Waals surface area (Å²) in [6.07, 6.45) is -0.908. The molecular weight excluding hydrogens is 426 g/mol. The third-order valence-corrected chi connectivity index (χ3v) is 6.12. The van der Waals surface area contributed by atoms with E-state index in [0.717, 1.165) is 22.0 Å². The van der Waals surface area contributed by atoms with Crippen LogP contribution in [-0.4, -0.2) is 34.0 Å². The Hall–Kier alpha value is -3.43. The van der Waals surface area contributed by atoms with Crippen LogP contribution in [0.4, 0.5) is 0 Å². The highest BCUT2D eigenvalue weighted by atomic mass is 16.7. The molecule has 2 N–H and O–H groups in total. The molecule has 0 radical (unpaired) electrons. The molecule has 33 heavy (non-hydrogen) atoms. The van der Waals surface area contributed by atoms with Crippen molar-refractivity contribution < 1.29 is 24.1 Å². The van der Waals surface area contributed by atoms with E-state index in [1.54, 1.807) is 17.6 Å². The van der Waals surface area contributed by atoms with E-state index in [1.165, 1.54) is 0 Å². The number of hydrogen-bond acceptors (Lipinski definition) is 8. The van der Waals surface area contributed by atoms with Gasteiger partial charge in [0.15, 0.2) is 11.5 Å². The lowest BCUT2D eigenvalue weighted by Gasteiger charge is -2.15. The lowest BCUT2D eigenvalue weighted by molar-refractivity contribution is -0.129. The normalized spacial score (nSPS) is 14.5. The number of aliphatic hydroxyl groups is 1. The molecule has 0 fully saturated rings. The number of pyridine rings is 2. The lowest BCUT2D eigenvalue weighted by atomic mass is 9.99. The second-order valence-corrected chi connectivity index (χ2v) is 8.61. The zero-order chi connectivity index (χ0) is 23.3. The molecule has 1 unspecified atom stereocenters. The fourth-order valence-corrected chi connectivity index (χ4v) is 4.50. The van der Waals surface area contributed by atoms with Crippen molar-refractivity contribution in [3.63, 3.8) is 0 Å². The van der Waals surface area contributed by atoms with Crippen LogP contribution in [0.25, 0.3) is 22.3 Å². The van der Waals surface area contributed by atoms with E-state index in [1.807, 2.05) is 12.1 Å². The van der Waals surface area contributed by atoms with Gasteiger partial charge in [-0.2, -0.15) is 0 Å². The van der Waals surface area contributed by atoms with Crippen LogP contribution in [0.1, 0.15) is 49.1 Å². The zero-order valence-corrected chi connectivity index (χ0v) is 18.7. The number of benzene rings is 1. The Bertz CT molecular complexity index is 1330. The number of nitrogens with zero attached hydrogens (tertiary/aromatic N) is 2. The van der Waals surface area contributed by atoms with E-state index in [0.29, 0.717) is 48.0 Å². The summed E-state index contributed by atoms with van der Waals surface area (Å²) in [5.74, 6) is 1.31. The molecule has 5 rings (SSSR count). The van der Waals surface area contributed by atoms with Crippen LogP contribution in [0.5, 0.6) is 11.5 Å². The van der Waals surface area contributed by atoms with Crippen molar-refractivity contribution in [2.24, 2.45) is 0 Å². The molecule has 0 bridgehead atoms. The number of fused-ring (bicyclic) bond motifs is 5. The standard InChI is InChI=1S/C24H25N3O6/c1-12(2)25-7-16-15-5-21-22(33-11-32-21)6-19(15)26-23-17(16)8-27-20(23)4-14(13(3)29)18(24(27)30)9-31-10-28/h4-6,10,12-13,25,29H,7-9,11H2,1-3H3. The van der Waals surface area contributed by atoms with E-state index < -0.39 is 6.10 Å². The van der Waals surface area contributed by atoms with Gasteiger partial charge in [0.2, 0.25) is 6.79 Å². The minimum atomic E-state index is -0.908. The van der Waals surface area contributed by atoms with Crippen LogP contribution in [0.15, 0.2) is 23.0 Å². The average Bonchev–Trinajstić information content (AvgIpc) is 3.38. The highest BCUT2D eigenvalue weighted by Gasteiger charge is 2.30. The van der Waals surface area contributed by atoms with Gasteiger partial charge in [0, 0.05) is 29.6 Å². The number of carbonyl (C=O) groups is 1. The Labute approximate surface area is 189 Å². The quantitative estimate of drug-likeness (QED) is 0.412. The van der Waals surface area contributed by atoms with E-state index in [4.69, 9.17) is 19.2 Å². The molecule has 2 aliphatic heterocycles. The van der Waals surface area contributed by atoms with E-state index in [-0.39, 0.29) is 30.6 Å². The van der Waals surface area contributed by atoms with Gasteiger partial charge in [0.1, 0.15) is 6.61 Å². The first kappa shape index (κ1) is 21.4. The molecule has 0 aliphatic carbocycles. The molecule has 2 aromatic heterocycles. The van der Waals surface area contributed by atoms with Crippen LogP contribution >= 0.6 is 0 Å². The monoisotopic (exact) mass is 451 g/mol. The van der Waals surface area contributed by atoms with Crippen molar-refractivity contribution in [3.05, 3.63) is 50.8 Å². The minimum Gasteiger partial charge on any atom is -0.463 e. The fraction of sp³-hybridized carbons (Fsp3) is 0.375. The summed E-state index contributed by atoms with van der Waals surface area (Å²) >= 11 is 0. The van der Waals surface area contributed by atoms with Gasteiger partial charge in [-0.25, -0.2) is 4.98 Å². The molecule has 0 spiro atoms. The van der Waals surface area contributed by atoms with Crippen molar-refractivity contribution in [1.29, 1.82) is 0 Å². The van der Waals surface area contributed by atoms with Crippen LogP contribution in [0, 0.1) is 0 Å². The van der Waals surface area contributed by atoms with Crippen molar-refractivity contribution in [1.82, 2.24) is 14.9 Å². The Kier molecular flexibility index (Phi) is 5.30. The topological polar surface area (TPSA) is 112 Å². The van der Waals surface area contributed by atoms with E-state index in [2.05, 4.69) is 19.2 Å². The number of aromatic nitrogens is 2. The molecule has 4 heterocycles. The third-order valence-electron chi connectivity index (χ3n) is 6.12. The van der Waals surface area contributed by atoms with Crippen molar-refractivity contribution >= 4 is 17.4 Å². The zero-order valence-electron chi connectivity index (χ0n) is 18.7. The maximum Gasteiger partial charge on any atom is 0.293 e. The minimum absolute atomic E-state index is 0.173. The number of carbonyl (C=O) groups excluding carboxylic acids is 1. The molecule has 0 saturated heterocycles. The van der Waals surface area contributed by atoms with Crippen LogP contribution in [0.2, 0.25) is 0 Å². The summed E-state index contributed by atoms with van der Waals surface area (Å²) in [5.41, 5.74) is 4.44. The molecule has 9 heteroatoms. The molecule has 2 aliphatic rings. The summed E-state index contributed by atoms with van der Waals surface area (Å²) in [4.78, 5) is 29.0. The van der Waals surface area contributed by atoms with Gasteiger partial charge in [-0.1, -0.05) is 13.8 Å². The van der Waals surface area contributed by atoms with Gasteiger partial charge in [0.05, 0.1) is 35.1 Å². The van der Waals surface area contributed by atoms with Gasteiger partial charge >= 0.3 is 0 Å². The number of ether oxygens (including phenoxy) is 3. The van der Waals surface area contributed by atoms with Gasteiger partial charge in [-0.3, -0.25) is 9.59 Å². The molecule has 3 aromatic rings.